The van der Waals surface area contributed by atoms with Gasteiger partial charge < -0.3 is 4.90 Å². The molecule has 1 aliphatic rings. The van der Waals surface area contributed by atoms with Gasteiger partial charge in [0.05, 0.1) is 11.4 Å². The molecule has 7 heteroatoms. The topological polar surface area (TPSA) is 51.0 Å². The second-order valence-corrected chi connectivity index (χ2v) is 7.11. The molecular weight excluding hydrogens is 351 g/mol. The van der Waals surface area contributed by atoms with E-state index in [1.165, 1.54) is 29.7 Å². The standard InChI is InChI=1S/C19H17FN4OS/c1-13-10-14-6-2-4-8-16(14)24(13)18(25)11-26-19-22-21-12-23(19)17-9-5-3-7-15(17)20/h2-9,12-13H,10-11H2,1H3. The summed E-state index contributed by atoms with van der Waals surface area (Å²) in [7, 11) is 0. The Balaban J connectivity index is 1.52. The van der Waals surface area contributed by atoms with Crippen LogP contribution in [0.3, 0.4) is 0 Å². The zero-order valence-electron chi connectivity index (χ0n) is 14.2. The zero-order chi connectivity index (χ0) is 18.1. The molecule has 0 saturated carbocycles. The first kappa shape index (κ1) is 16.8. The van der Waals surface area contributed by atoms with Gasteiger partial charge in [0.15, 0.2) is 5.16 Å². The third kappa shape index (κ3) is 2.99. The highest BCUT2D eigenvalue weighted by Crippen LogP contribution is 2.33. The molecule has 0 radical (unpaired) electrons. The Kier molecular flexibility index (Phi) is 4.46. The Morgan fingerprint density at radius 1 is 1.19 bits per heavy atom. The van der Waals surface area contributed by atoms with Gasteiger partial charge in [0, 0.05) is 11.7 Å². The molecule has 1 unspecified atom stereocenters. The third-order valence-corrected chi connectivity index (χ3v) is 5.36. The number of para-hydroxylation sites is 2. The SMILES string of the molecule is CC1Cc2ccccc2N1C(=O)CSc1nncn1-c1ccccc1F. The van der Waals surface area contributed by atoms with E-state index < -0.39 is 0 Å². The van der Waals surface area contributed by atoms with Crippen LogP contribution in [0, 0.1) is 5.82 Å². The number of thioether (sulfide) groups is 1. The number of carbonyl (C=O) groups excluding carboxylic acids is 1. The predicted molar refractivity (Wildman–Crippen MR) is 99.1 cm³/mol. The number of rotatable bonds is 4. The summed E-state index contributed by atoms with van der Waals surface area (Å²) in [5.41, 5.74) is 2.53. The van der Waals surface area contributed by atoms with Crippen molar-refractivity contribution in [1.29, 1.82) is 0 Å². The van der Waals surface area contributed by atoms with Crippen molar-refractivity contribution in [2.24, 2.45) is 0 Å². The average Bonchev–Trinajstić information content (AvgIpc) is 3.23. The van der Waals surface area contributed by atoms with Gasteiger partial charge in [-0.2, -0.15) is 0 Å². The number of fused-ring (bicyclic) bond motifs is 1. The first-order chi connectivity index (χ1) is 12.6. The summed E-state index contributed by atoms with van der Waals surface area (Å²) in [6.07, 6.45) is 2.32. The minimum atomic E-state index is -0.359. The van der Waals surface area contributed by atoms with E-state index >= 15 is 0 Å². The van der Waals surface area contributed by atoms with Crippen LogP contribution in [0.4, 0.5) is 10.1 Å². The fourth-order valence-corrected chi connectivity index (χ4v) is 4.06. The van der Waals surface area contributed by atoms with Crippen molar-refractivity contribution in [1.82, 2.24) is 14.8 Å². The second kappa shape index (κ2) is 6.92. The zero-order valence-corrected chi connectivity index (χ0v) is 15.0. The molecule has 0 spiro atoms. The molecule has 5 nitrogen and oxygen atoms in total. The van der Waals surface area contributed by atoms with Crippen LogP contribution in [0.1, 0.15) is 12.5 Å². The highest BCUT2D eigenvalue weighted by molar-refractivity contribution is 7.99. The lowest BCUT2D eigenvalue weighted by atomic mass is 10.1. The Labute approximate surface area is 154 Å². The van der Waals surface area contributed by atoms with Crippen molar-refractivity contribution in [2.75, 3.05) is 10.7 Å². The monoisotopic (exact) mass is 368 g/mol. The lowest BCUT2D eigenvalue weighted by molar-refractivity contribution is -0.116. The normalized spacial score (nSPS) is 15.9. The molecule has 4 rings (SSSR count). The number of halogens is 1. The maximum absolute atomic E-state index is 14.0. The summed E-state index contributed by atoms with van der Waals surface area (Å²) < 4.78 is 15.6. The highest BCUT2D eigenvalue weighted by Gasteiger charge is 2.30. The molecule has 1 amide bonds. The lowest BCUT2D eigenvalue weighted by Gasteiger charge is -2.22. The number of hydrogen-bond donors (Lipinski definition) is 0. The van der Waals surface area contributed by atoms with Crippen LogP contribution in [0.5, 0.6) is 0 Å². The molecule has 3 aromatic rings. The van der Waals surface area contributed by atoms with Crippen LogP contribution < -0.4 is 4.90 Å². The molecule has 0 aliphatic carbocycles. The fraction of sp³-hybridized carbons (Fsp3) is 0.211. The van der Waals surface area contributed by atoms with E-state index in [9.17, 15) is 9.18 Å². The van der Waals surface area contributed by atoms with Crippen LogP contribution >= 0.6 is 11.8 Å². The molecule has 0 N–H and O–H groups in total. The van der Waals surface area contributed by atoms with Crippen molar-refractivity contribution in [3.05, 3.63) is 66.2 Å². The quantitative estimate of drug-likeness (QED) is 0.662. The minimum absolute atomic E-state index is 0.00975. The number of amides is 1. The summed E-state index contributed by atoms with van der Waals surface area (Å²) in [6.45, 7) is 2.05. The number of carbonyl (C=O) groups is 1. The molecule has 0 bridgehead atoms. The van der Waals surface area contributed by atoms with E-state index in [1.54, 1.807) is 22.8 Å². The molecule has 0 saturated heterocycles. The molecule has 26 heavy (non-hydrogen) atoms. The number of benzene rings is 2. The lowest BCUT2D eigenvalue weighted by Crippen LogP contribution is -2.37. The Morgan fingerprint density at radius 2 is 1.92 bits per heavy atom. The van der Waals surface area contributed by atoms with Crippen LogP contribution in [0.2, 0.25) is 0 Å². The number of nitrogens with zero attached hydrogens (tertiary/aromatic N) is 4. The van der Waals surface area contributed by atoms with Gasteiger partial charge in [-0.15, -0.1) is 10.2 Å². The molecule has 132 valence electrons. The smallest absolute Gasteiger partial charge is 0.237 e. The average molecular weight is 368 g/mol. The van der Waals surface area contributed by atoms with Gasteiger partial charge in [-0.25, -0.2) is 4.39 Å². The molecule has 2 aromatic carbocycles. The molecular formula is C19H17FN4OS. The summed E-state index contributed by atoms with van der Waals surface area (Å²) in [5.74, 6) is -0.135. The van der Waals surface area contributed by atoms with Gasteiger partial charge in [0.25, 0.3) is 0 Å². The number of hydrogen-bond acceptors (Lipinski definition) is 4. The molecule has 1 aromatic heterocycles. The molecule has 1 aliphatic heterocycles. The van der Waals surface area contributed by atoms with Gasteiger partial charge in [-0.3, -0.25) is 9.36 Å². The Bertz CT molecular complexity index is 958. The second-order valence-electron chi connectivity index (χ2n) is 6.17. The van der Waals surface area contributed by atoms with Gasteiger partial charge in [0.1, 0.15) is 12.1 Å². The molecule has 0 fully saturated rings. The number of aromatic nitrogens is 3. The summed E-state index contributed by atoms with van der Waals surface area (Å²) in [5, 5.41) is 8.39. The summed E-state index contributed by atoms with van der Waals surface area (Å²) in [6, 6.07) is 14.5. The first-order valence-corrected chi connectivity index (χ1v) is 9.31. The van der Waals surface area contributed by atoms with Crippen LogP contribution in [-0.2, 0) is 11.2 Å². The van der Waals surface area contributed by atoms with Crippen molar-refractivity contribution in [2.45, 2.75) is 24.5 Å². The number of anilines is 1. The predicted octanol–water partition coefficient (Wildman–Crippen LogP) is 3.48. The Hall–Kier alpha value is -2.67. The van der Waals surface area contributed by atoms with Crippen molar-refractivity contribution < 1.29 is 9.18 Å². The fourth-order valence-electron chi connectivity index (χ4n) is 3.28. The van der Waals surface area contributed by atoms with E-state index in [1.807, 2.05) is 30.0 Å². The first-order valence-electron chi connectivity index (χ1n) is 8.33. The van der Waals surface area contributed by atoms with E-state index in [0.717, 1.165) is 12.1 Å². The summed E-state index contributed by atoms with van der Waals surface area (Å²) in [4.78, 5) is 14.6. The Morgan fingerprint density at radius 3 is 2.73 bits per heavy atom. The third-order valence-electron chi connectivity index (χ3n) is 4.43. The van der Waals surface area contributed by atoms with Gasteiger partial charge >= 0.3 is 0 Å². The van der Waals surface area contributed by atoms with Gasteiger partial charge in [-0.1, -0.05) is 42.1 Å². The highest BCUT2D eigenvalue weighted by atomic mass is 32.2. The van der Waals surface area contributed by atoms with Gasteiger partial charge in [0.2, 0.25) is 5.91 Å². The van der Waals surface area contributed by atoms with Crippen molar-refractivity contribution in [3.8, 4) is 5.69 Å². The van der Waals surface area contributed by atoms with E-state index in [2.05, 4.69) is 16.3 Å². The van der Waals surface area contributed by atoms with E-state index in [-0.39, 0.29) is 23.5 Å². The van der Waals surface area contributed by atoms with Crippen molar-refractivity contribution in [3.63, 3.8) is 0 Å². The minimum Gasteiger partial charge on any atom is -0.308 e. The van der Waals surface area contributed by atoms with Crippen molar-refractivity contribution >= 4 is 23.4 Å². The van der Waals surface area contributed by atoms with Crippen LogP contribution in [-0.4, -0.2) is 32.5 Å². The van der Waals surface area contributed by atoms with Gasteiger partial charge in [-0.05, 0) is 37.1 Å². The molecule has 2 heterocycles. The van der Waals surface area contributed by atoms with E-state index in [4.69, 9.17) is 0 Å². The van der Waals surface area contributed by atoms with Crippen LogP contribution in [0.15, 0.2) is 60.0 Å². The maximum Gasteiger partial charge on any atom is 0.237 e. The van der Waals surface area contributed by atoms with Crippen LogP contribution in [0.25, 0.3) is 5.69 Å². The van der Waals surface area contributed by atoms with E-state index in [0.29, 0.717) is 10.8 Å². The molecule has 1 atom stereocenters. The maximum atomic E-state index is 14.0. The summed E-state index contributed by atoms with van der Waals surface area (Å²) >= 11 is 1.26. The largest absolute Gasteiger partial charge is 0.308 e.